The van der Waals surface area contributed by atoms with Gasteiger partial charge in [-0.05, 0) is 26.2 Å². The Morgan fingerprint density at radius 3 is 2.67 bits per heavy atom. The van der Waals surface area contributed by atoms with Gasteiger partial charge in [-0.25, -0.2) is 0 Å². The minimum atomic E-state index is 1.08. The molecule has 0 aromatic heterocycles. The van der Waals surface area contributed by atoms with Crippen LogP contribution in [0, 0.1) is 0 Å². The zero-order valence-corrected chi connectivity index (χ0v) is 8.64. The fourth-order valence-electron chi connectivity index (χ4n) is 1.10. The van der Waals surface area contributed by atoms with Crippen LogP contribution in [0.15, 0.2) is 24.4 Å². The fourth-order valence-corrected chi connectivity index (χ4v) is 1.10. The number of hydrogen-bond acceptors (Lipinski definition) is 1. The van der Waals surface area contributed by atoms with Crippen molar-refractivity contribution in [1.82, 2.24) is 4.90 Å². The summed E-state index contributed by atoms with van der Waals surface area (Å²) >= 11 is 0. The zero-order valence-electron chi connectivity index (χ0n) is 8.64. The first-order valence-electron chi connectivity index (χ1n) is 4.72. The van der Waals surface area contributed by atoms with Crippen LogP contribution in [0.25, 0.3) is 0 Å². The molecule has 0 aromatic carbocycles. The summed E-state index contributed by atoms with van der Waals surface area (Å²) in [5.74, 6) is 0. The van der Waals surface area contributed by atoms with Crippen molar-refractivity contribution < 1.29 is 0 Å². The Labute approximate surface area is 76.8 Å². The van der Waals surface area contributed by atoms with Gasteiger partial charge in [0.15, 0.2) is 0 Å². The Morgan fingerprint density at radius 2 is 2.17 bits per heavy atom. The molecule has 0 atom stereocenters. The van der Waals surface area contributed by atoms with Crippen molar-refractivity contribution in [2.24, 2.45) is 0 Å². The first-order valence-corrected chi connectivity index (χ1v) is 4.72. The van der Waals surface area contributed by atoms with E-state index in [0.717, 1.165) is 19.4 Å². The lowest BCUT2D eigenvalue weighted by molar-refractivity contribution is 0.403. The Hall–Kier alpha value is -0.720. The van der Waals surface area contributed by atoms with Crippen molar-refractivity contribution in [2.75, 3.05) is 13.6 Å². The number of allylic oxidation sites excluding steroid dienone is 3. The predicted molar refractivity (Wildman–Crippen MR) is 56.1 cm³/mol. The second-order valence-electron chi connectivity index (χ2n) is 3.10. The monoisotopic (exact) mass is 167 g/mol. The lowest BCUT2D eigenvalue weighted by atomic mass is 10.2. The van der Waals surface area contributed by atoms with Crippen molar-refractivity contribution in [2.45, 2.75) is 33.1 Å². The van der Waals surface area contributed by atoms with Crippen molar-refractivity contribution in [1.29, 1.82) is 0 Å². The van der Waals surface area contributed by atoms with Gasteiger partial charge < -0.3 is 4.90 Å². The molecule has 0 amide bonds. The van der Waals surface area contributed by atoms with Crippen molar-refractivity contribution in [3.8, 4) is 0 Å². The van der Waals surface area contributed by atoms with Crippen molar-refractivity contribution in [3.05, 3.63) is 24.4 Å². The summed E-state index contributed by atoms with van der Waals surface area (Å²) in [7, 11) is 2.11. The van der Waals surface area contributed by atoms with Crippen LogP contribution in [0.5, 0.6) is 0 Å². The van der Waals surface area contributed by atoms with E-state index in [4.69, 9.17) is 0 Å². The normalized spacial score (nSPS) is 10.6. The molecule has 0 aliphatic heterocycles. The van der Waals surface area contributed by atoms with E-state index in [2.05, 4.69) is 44.5 Å². The van der Waals surface area contributed by atoms with Gasteiger partial charge in [-0.3, -0.25) is 0 Å². The average molecular weight is 167 g/mol. The molecule has 0 N–H and O–H groups in total. The molecule has 0 heterocycles. The van der Waals surface area contributed by atoms with Gasteiger partial charge in [0, 0.05) is 19.3 Å². The number of rotatable bonds is 6. The molecule has 0 saturated carbocycles. The molecule has 0 aliphatic rings. The molecular formula is C11H21N. The lowest BCUT2D eigenvalue weighted by Crippen LogP contribution is -2.17. The second kappa shape index (κ2) is 6.96. The summed E-state index contributed by atoms with van der Waals surface area (Å²) in [6, 6.07) is 0. The second-order valence-corrected chi connectivity index (χ2v) is 3.10. The number of hydrogen-bond donors (Lipinski definition) is 0. The van der Waals surface area contributed by atoms with Crippen molar-refractivity contribution >= 4 is 0 Å². The van der Waals surface area contributed by atoms with Crippen LogP contribution >= 0.6 is 0 Å². The first kappa shape index (κ1) is 11.3. The highest BCUT2D eigenvalue weighted by Crippen LogP contribution is 2.07. The third kappa shape index (κ3) is 5.00. The molecule has 1 heteroatoms. The summed E-state index contributed by atoms with van der Waals surface area (Å²) < 4.78 is 0. The molecule has 0 spiro atoms. The smallest absolute Gasteiger partial charge is 0.0168 e. The van der Waals surface area contributed by atoms with Crippen LogP contribution < -0.4 is 0 Å². The van der Waals surface area contributed by atoms with E-state index >= 15 is 0 Å². The maximum absolute atomic E-state index is 4.04. The Bertz CT molecular complexity index is 147. The SMILES string of the molecule is C=C(CC/C=C\C)N(C)CCC. The average Bonchev–Trinajstić information content (AvgIpc) is 2.05. The molecule has 0 bridgehead atoms. The Morgan fingerprint density at radius 1 is 1.50 bits per heavy atom. The molecular weight excluding hydrogens is 146 g/mol. The van der Waals surface area contributed by atoms with Gasteiger partial charge in [0.25, 0.3) is 0 Å². The third-order valence-corrected chi connectivity index (χ3v) is 1.93. The van der Waals surface area contributed by atoms with Gasteiger partial charge in [-0.15, -0.1) is 0 Å². The maximum Gasteiger partial charge on any atom is 0.0168 e. The molecule has 0 rings (SSSR count). The van der Waals surface area contributed by atoms with Crippen LogP contribution in [-0.2, 0) is 0 Å². The molecule has 0 saturated heterocycles. The van der Waals surface area contributed by atoms with E-state index in [1.54, 1.807) is 0 Å². The van der Waals surface area contributed by atoms with Gasteiger partial charge in [-0.1, -0.05) is 25.7 Å². The van der Waals surface area contributed by atoms with E-state index in [9.17, 15) is 0 Å². The third-order valence-electron chi connectivity index (χ3n) is 1.93. The van der Waals surface area contributed by atoms with E-state index < -0.39 is 0 Å². The topological polar surface area (TPSA) is 3.24 Å². The number of nitrogens with zero attached hydrogens (tertiary/aromatic N) is 1. The predicted octanol–water partition coefficient (Wildman–Crippen LogP) is 3.20. The highest BCUT2D eigenvalue weighted by Gasteiger charge is 1.98. The van der Waals surface area contributed by atoms with Gasteiger partial charge in [-0.2, -0.15) is 0 Å². The Kier molecular flexibility index (Phi) is 6.54. The lowest BCUT2D eigenvalue weighted by Gasteiger charge is -2.20. The molecule has 0 radical (unpaired) electrons. The summed E-state index contributed by atoms with van der Waals surface area (Å²) in [6.45, 7) is 9.40. The van der Waals surface area contributed by atoms with Gasteiger partial charge >= 0.3 is 0 Å². The van der Waals surface area contributed by atoms with E-state index in [0.29, 0.717) is 0 Å². The quantitative estimate of drug-likeness (QED) is 0.549. The van der Waals surface area contributed by atoms with Crippen molar-refractivity contribution in [3.63, 3.8) is 0 Å². The molecule has 12 heavy (non-hydrogen) atoms. The van der Waals surface area contributed by atoms with Gasteiger partial charge in [0.05, 0.1) is 0 Å². The van der Waals surface area contributed by atoms with E-state index in [1.165, 1.54) is 12.1 Å². The molecule has 0 aromatic rings. The van der Waals surface area contributed by atoms with Gasteiger partial charge in [0.2, 0.25) is 0 Å². The summed E-state index contributed by atoms with van der Waals surface area (Å²) in [6.07, 6.45) is 7.67. The molecule has 70 valence electrons. The summed E-state index contributed by atoms with van der Waals surface area (Å²) in [5, 5.41) is 0. The first-order chi connectivity index (χ1) is 5.72. The van der Waals surface area contributed by atoms with Crippen LogP contribution in [0.4, 0.5) is 0 Å². The van der Waals surface area contributed by atoms with Crippen LogP contribution in [0.1, 0.15) is 33.1 Å². The summed E-state index contributed by atoms with van der Waals surface area (Å²) in [5.41, 5.74) is 1.25. The van der Waals surface area contributed by atoms with Crippen LogP contribution in [0.3, 0.4) is 0 Å². The standard InChI is InChI=1S/C11H21N/c1-5-7-8-9-11(3)12(4)10-6-2/h5,7H,3,6,8-10H2,1-2,4H3/b7-5-. The minimum Gasteiger partial charge on any atom is -0.378 e. The van der Waals surface area contributed by atoms with Crippen LogP contribution in [-0.4, -0.2) is 18.5 Å². The van der Waals surface area contributed by atoms with Gasteiger partial charge in [0.1, 0.15) is 0 Å². The molecule has 1 nitrogen and oxygen atoms in total. The minimum absolute atomic E-state index is 1.08. The summed E-state index contributed by atoms with van der Waals surface area (Å²) in [4.78, 5) is 2.24. The largest absolute Gasteiger partial charge is 0.378 e. The highest BCUT2D eigenvalue weighted by molar-refractivity contribution is 4.94. The molecule has 0 unspecified atom stereocenters. The zero-order chi connectivity index (χ0) is 9.40. The highest BCUT2D eigenvalue weighted by atomic mass is 15.1. The maximum atomic E-state index is 4.04. The molecule has 0 aliphatic carbocycles. The van der Waals surface area contributed by atoms with Crippen LogP contribution in [0.2, 0.25) is 0 Å². The fraction of sp³-hybridized carbons (Fsp3) is 0.636. The molecule has 0 fully saturated rings. The Balaban J connectivity index is 3.56. The van der Waals surface area contributed by atoms with E-state index in [-0.39, 0.29) is 0 Å². The van der Waals surface area contributed by atoms with E-state index in [1.807, 2.05) is 0 Å².